The Balaban J connectivity index is 0.00000192. The van der Waals surface area contributed by atoms with Gasteiger partial charge in [0.25, 0.3) is 0 Å². The van der Waals surface area contributed by atoms with Gasteiger partial charge in [-0.3, -0.25) is 4.68 Å². The van der Waals surface area contributed by atoms with Crippen molar-refractivity contribution in [3.8, 4) is 11.1 Å². The highest BCUT2D eigenvalue weighted by Crippen LogP contribution is 2.24. The van der Waals surface area contributed by atoms with Crippen LogP contribution in [-0.4, -0.2) is 41.6 Å². The maximum Gasteiger partial charge on any atom is 0.243 e. The van der Waals surface area contributed by atoms with E-state index in [1.54, 1.807) is 23.0 Å². The number of nitrogens with two attached hydrogens (primary N) is 1. The monoisotopic (exact) mass is 356 g/mol. The average Bonchev–Trinajstić information content (AvgIpc) is 2.94. The van der Waals surface area contributed by atoms with E-state index in [2.05, 4.69) is 5.10 Å². The predicted octanol–water partition coefficient (Wildman–Crippen LogP) is 1.62. The molecule has 8 heteroatoms. The Kier molecular flexibility index (Phi) is 5.46. The molecule has 1 aliphatic heterocycles. The third-order valence-electron chi connectivity index (χ3n) is 4.03. The van der Waals surface area contributed by atoms with E-state index in [1.807, 2.05) is 25.4 Å². The highest BCUT2D eigenvalue weighted by atomic mass is 35.5. The van der Waals surface area contributed by atoms with Crippen LogP contribution in [0.25, 0.3) is 11.1 Å². The average molecular weight is 357 g/mol. The largest absolute Gasteiger partial charge is 0.328 e. The minimum Gasteiger partial charge on any atom is -0.328 e. The quantitative estimate of drug-likeness (QED) is 0.906. The fourth-order valence-corrected chi connectivity index (χ4v) is 4.12. The fourth-order valence-electron chi connectivity index (χ4n) is 2.65. The van der Waals surface area contributed by atoms with Gasteiger partial charge in [-0.25, -0.2) is 8.42 Å². The van der Waals surface area contributed by atoms with Gasteiger partial charge in [0.2, 0.25) is 10.0 Å². The molecule has 0 radical (unpaired) electrons. The molecule has 126 valence electrons. The number of hydrogen-bond acceptors (Lipinski definition) is 4. The highest BCUT2D eigenvalue weighted by molar-refractivity contribution is 7.89. The van der Waals surface area contributed by atoms with E-state index in [9.17, 15) is 8.42 Å². The molecular weight excluding hydrogens is 336 g/mol. The number of rotatable bonds is 3. The summed E-state index contributed by atoms with van der Waals surface area (Å²) in [6.45, 7) is 0.988. The van der Waals surface area contributed by atoms with Gasteiger partial charge in [0.15, 0.2) is 0 Å². The molecule has 2 heterocycles. The summed E-state index contributed by atoms with van der Waals surface area (Å²) >= 11 is 0. The topological polar surface area (TPSA) is 81.2 Å². The summed E-state index contributed by atoms with van der Waals surface area (Å²) in [5.74, 6) is 0. The second kappa shape index (κ2) is 7.00. The van der Waals surface area contributed by atoms with Crippen LogP contribution in [0.4, 0.5) is 0 Å². The maximum atomic E-state index is 12.6. The first kappa shape index (κ1) is 17.9. The first-order valence-corrected chi connectivity index (χ1v) is 8.75. The highest BCUT2D eigenvalue weighted by Gasteiger charge is 2.28. The number of halogens is 1. The summed E-state index contributed by atoms with van der Waals surface area (Å²) in [6.07, 6.45) is 5.09. The van der Waals surface area contributed by atoms with E-state index in [0.717, 1.165) is 11.1 Å². The second-order valence-electron chi connectivity index (χ2n) is 5.67. The van der Waals surface area contributed by atoms with E-state index >= 15 is 0 Å². The Labute approximate surface area is 142 Å². The first-order chi connectivity index (χ1) is 10.5. The first-order valence-electron chi connectivity index (χ1n) is 7.31. The minimum atomic E-state index is -3.42. The van der Waals surface area contributed by atoms with Gasteiger partial charge in [0, 0.05) is 37.9 Å². The molecule has 2 aromatic rings. The van der Waals surface area contributed by atoms with Crippen molar-refractivity contribution in [1.29, 1.82) is 0 Å². The number of sulfonamides is 1. The molecule has 0 saturated carbocycles. The van der Waals surface area contributed by atoms with Crippen molar-refractivity contribution < 1.29 is 8.42 Å². The lowest BCUT2D eigenvalue weighted by atomic mass is 10.1. The van der Waals surface area contributed by atoms with Gasteiger partial charge in [-0.05, 0) is 30.5 Å². The van der Waals surface area contributed by atoms with Gasteiger partial charge in [-0.15, -0.1) is 12.4 Å². The lowest BCUT2D eigenvalue weighted by Crippen LogP contribution is -2.42. The fraction of sp³-hybridized carbons (Fsp3) is 0.400. The van der Waals surface area contributed by atoms with Crippen LogP contribution < -0.4 is 5.73 Å². The summed E-state index contributed by atoms with van der Waals surface area (Å²) < 4.78 is 28.5. The number of aryl methyl sites for hydroxylation is 1. The summed E-state index contributed by atoms with van der Waals surface area (Å²) in [6, 6.07) is 7.07. The standard InChI is InChI=1S/C15H20N4O2S.ClH/c1-18-11-13(10-17-18)12-2-4-15(5-3-12)22(20,21)19-8-6-14(16)7-9-19;/h2-5,10-11,14H,6-9,16H2,1H3;1H. The number of piperidine rings is 1. The van der Waals surface area contributed by atoms with Gasteiger partial charge in [0.05, 0.1) is 11.1 Å². The molecule has 1 aromatic heterocycles. The van der Waals surface area contributed by atoms with E-state index in [4.69, 9.17) is 5.73 Å². The summed E-state index contributed by atoms with van der Waals surface area (Å²) in [4.78, 5) is 0.329. The van der Waals surface area contributed by atoms with Crippen LogP contribution in [-0.2, 0) is 17.1 Å². The molecule has 1 aromatic carbocycles. The molecule has 0 atom stereocenters. The number of nitrogens with zero attached hydrogens (tertiary/aromatic N) is 3. The summed E-state index contributed by atoms with van der Waals surface area (Å²) in [5, 5.41) is 4.12. The van der Waals surface area contributed by atoms with Gasteiger partial charge in [-0.2, -0.15) is 9.40 Å². The van der Waals surface area contributed by atoms with Crippen molar-refractivity contribution in [2.24, 2.45) is 12.8 Å². The molecule has 0 spiro atoms. The van der Waals surface area contributed by atoms with E-state index < -0.39 is 10.0 Å². The Bertz CT molecular complexity index is 750. The Morgan fingerprint density at radius 1 is 1.13 bits per heavy atom. The van der Waals surface area contributed by atoms with Crippen LogP contribution in [0.3, 0.4) is 0 Å². The summed E-state index contributed by atoms with van der Waals surface area (Å²) in [7, 11) is -1.57. The molecule has 1 fully saturated rings. The van der Waals surface area contributed by atoms with Crippen LogP contribution in [0.1, 0.15) is 12.8 Å². The predicted molar refractivity (Wildman–Crippen MR) is 91.9 cm³/mol. The van der Waals surface area contributed by atoms with Crippen molar-refractivity contribution in [3.63, 3.8) is 0 Å². The molecule has 6 nitrogen and oxygen atoms in total. The van der Waals surface area contributed by atoms with Gasteiger partial charge >= 0.3 is 0 Å². The Morgan fingerprint density at radius 3 is 2.26 bits per heavy atom. The van der Waals surface area contributed by atoms with Crippen molar-refractivity contribution >= 4 is 22.4 Å². The minimum absolute atomic E-state index is 0. The molecule has 3 rings (SSSR count). The number of hydrogen-bond donors (Lipinski definition) is 1. The third-order valence-corrected chi connectivity index (χ3v) is 5.94. The zero-order valence-electron chi connectivity index (χ0n) is 12.9. The maximum absolute atomic E-state index is 12.6. The van der Waals surface area contributed by atoms with Gasteiger partial charge < -0.3 is 5.73 Å². The van der Waals surface area contributed by atoms with Crippen LogP contribution in [0, 0.1) is 0 Å². The molecule has 0 unspecified atom stereocenters. The van der Waals surface area contributed by atoms with Crippen molar-refractivity contribution in [2.75, 3.05) is 13.1 Å². The lowest BCUT2D eigenvalue weighted by molar-refractivity contribution is 0.320. The molecule has 1 saturated heterocycles. The number of benzene rings is 1. The van der Waals surface area contributed by atoms with Crippen LogP contribution >= 0.6 is 12.4 Å². The van der Waals surface area contributed by atoms with Crippen molar-refractivity contribution in [2.45, 2.75) is 23.8 Å². The molecular formula is C15H21ClN4O2S. The SMILES string of the molecule is Cl.Cn1cc(-c2ccc(S(=O)(=O)N3CCC(N)CC3)cc2)cn1. The smallest absolute Gasteiger partial charge is 0.243 e. The molecule has 1 aliphatic rings. The molecule has 2 N–H and O–H groups in total. The van der Waals surface area contributed by atoms with E-state index in [0.29, 0.717) is 30.8 Å². The van der Waals surface area contributed by atoms with Crippen molar-refractivity contribution in [1.82, 2.24) is 14.1 Å². The molecule has 0 aliphatic carbocycles. The number of aromatic nitrogens is 2. The van der Waals surface area contributed by atoms with Gasteiger partial charge in [-0.1, -0.05) is 12.1 Å². The molecule has 23 heavy (non-hydrogen) atoms. The summed E-state index contributed by atoms with van der Waals surface area (Å²) in [5.41, 5.74) is 7.76. The zero-order valence-corrected chi connectivity index (χ0v) is 14.6. The normalized spacial score (nSPS) is 17.0. The third kappa shape index (κ3) is 3.74. The Morgan fingerprint density at radius 2 is 1.74 bits per heavy atom. The van der Waals surface area contributed by atoms with Crippen LogP contribution in [0.5, 0.6) is 0 Å². The van der Waals surface area contributed by atoms with E-state index in [1.165, 1.54) is 4.31 Å². The van der Waals surface area contributed by atoms with E-state index in [-0.39, 0.29) is 18.4 Å². The van der Waals surface area contributed by atoms with Crippen LogP contribution in [0.2, 0.25) is 0 Å². The van der Waals surface area contributed by atoms with Crippen molar-refractivity contribution in [3.05, 3.63) is 36.7 Å². The van der Waals surface area contributed by atoms with Crippen LogP contribution in [0.15, 0.2) is 41.6 Å². The molecule has 0 bridgehead atoms. The zero-order chi connectivity index (χ0) is 15.7. The van der Waals surface area contributed by atoms with Gasteiger partial charge in [0.1, 0.15) is 0 Å². The second-order valence-corrected chi connectivity index (χ2v) is 7.61. The lowest BCUT2D eigenvalue weighted by Gasteiger charge is -2.29. The Hall–Kier alpha value is -1.41. The molecule has 0 amide bonds.